The maximum Gasteiger partial charge on any atom is 0.411 e. The van der Waals surface area contributed by atoms with E-state index in [0.717, 1.165) is 33.4 Å². The van der Waals surface area contributed by atoms with Crippen LogP contribution in [-0.4, -0.2) is 63.8 Å². The van der Waals surface area contributed by atoms with Crippen LogP contribution in [0.1, 0.15) is 33.4 Å². The molecule has 4 aromatic rings. The quantitative estimate of drug-likeness (QED) is 0.230. The molecule has 0 aliphatic carbocycles. The van der Waals surface area contributed by atoms with Crippen LogP contribution in [0.3, 0.4) is 0 Å². The van der Waals surface area contributed by atoms with Gasteiger partial charge in [0.05, 0.1) is 19.7 Å². The number of aliphatic hydroxyl groups is 1. The number of amides is 4. The zero-order valence-corrected chi connectivity index (χ0v) is 26.9. The number of aliphatic hydroxyl groups excluding tert-OH is 1. The van der Waals surface area contributed by atoms with Gasteiger partial charge in [0.1, 0.15) is 31.5 Å². The molecule has 2 heterocycles. The number of carbonyl (C=O) groups excluding carboxylic acids is 4. The number of hydrogen-bond acceptors (Lipinski definition) is 7. The van der Waals surface area contributed by atoms with Crippen molar-refractivity contribution in [3.05, 3.63) is 143 Å². The Morgan fingerprint density at radius 3 is 1.35 bits per heavy atom. The van der Waals surface area contributed by atoms with Crippen LogP contribution in [0.5, 0.6) is 0 Å². The molecule has 2 atom stereocenters. The van der Waals surface area contributed by atoms with Crippen LogP contribution in [0, 0.1) is 0 Å². The Bertz CT molecular complexity index is 1660. The lowest BCUT2D eigenvalue weighted by molar-refractivity contribution is -0.131. The third kappa shape index (κ3) is 8.07. The summed E-state index contributed by atoms with van der Waals surface area (Å²) in [5, 5.41) is 15.7. The van der Waals surface area contributed by atoms with Crippen molar-refractivity contribution in [1.82, 2.24) is 20.4 Å². The van der Waals surface area contributed by atoms with Crippen molar-refractivity contribution in [2.45, 2.75) is 57.4 Å². The monoisotopic (exact) mass is 662 g/mol. The van der Waals surface area contributed by atoms with Gasteiger partial charge >= 0.3 is 12.2 Å². The molecule has 0 aromatic heterocycles. The summed E-state index contributed by atoms with van der Waals surface area (Å²) in [6, 6.07) is 31.6. The molecule has 3 N–H and O–H groups in total. The molecule has 2 aliphatic heterocycles. The van der Waals surface area contributed by atoms with Gasteiger partial charge in [-0.25, -0.2) is 9.59 Å². The van der Waals surface area contributed by atoms with E-state index in [1.165, 1.54) is 9.80 Å². The third-order valence-corrected chi connectivity index (χ3v) is 8.80. The highest BCUT2D eigenvalue weighted by Gasteiger charge is 2.39. The van der Waals surface area contributed by atoms with Gasteiger partial charge in [-0.2, -0.15) is 0 Å². The molecule has 0 radical (unpaired) electrons. The van der Waals surface area contributed by atoms with Crippen LogP contribution in [0.4, 0.5) is 9.59 Å². The van der Waals surface area contributed by atoms with Gasteiger partial charge in [0, 0.05) is 12.8 Å². The minimum Gasteiger partial charge on any atom is -0.445 e. The van der Waals surface area contributed by atoms with Gasteiger partial charge in [0.2, 0.25) is 11.8 Å². The zero-order valence-electron chi connectivity index (χ0n) is 26.9. The van der Waals surface area contributed by atoms with E-state index in [-0.39, 0.29) is 39.1 Å². The van der Waals surface area contributed by atoms with E-state index in [0.29, 0.717) is 0 Å². The second-order valence-corrected chi connectivity index (χ2v) is 12.1. The lowest BCUT2D eigenvalue weighted by atomic mass is 9.93. The molecule has 252 valence electrons. The highest BCUT2D eigenvalue weighted by atomic mass is 16.6. The number of benzene rings is 4. The highest BCUT2D eigenvalue weighted by Crippen LogP contribution is 2.26. The minimum atomic E-state index is -1.20. The normalized spacial score (nSPS) is 17.2. The Labute approximate surface area is 284 Å². The SMILES string of the molecule is O=C(NC(CO)NC(=O)C1Cc2ccccc2CN1C(=O)OCc1ccccc1)C1Cc2ccccc2CN1C(=O)OCc1ccccc1. The fourth-order valence-electron chi connectivity index (χ4n) is 6.17. The van der Waals surface area contributed by atoms with E-state index in [1.54, 1.807) is 0 Å². The lowest BCUT2D eigenvalue weighted by Crippen LogP contribution is -2.61. The van der Waals surface area contributed by atoms with Gasteiger partial charge in [-0.1, -0.05) is 109 Å². The maximum absolute atomic E-state index is 13.8. The van der Waals surface area contributed by atoms with Crippen molar-refractivity contribution >= 4 is 24.0 Å². The summed E-state index contributed by atoms with van der Waals surface area (Å²) < 4.78 is 11.2. The van der Waals surface area contributed by atoms with E-state index < -0.39 is 48.9 Å². The Kier molecular flexibility index (Phi) is 10.5. The van der Waals surface area contributed by atoms with E-state index in [4.69, 9.17) is 9.47 Å². The number of ether oxygens (including phenoxy) is 2. The molecule has 2 unspecified atom stereocenters. The van der Waals surface area contributed by atoms with Crippen LogP contribution in [0.15, 0.2) is 109 Å². The highest BCUT2D eigenvalue weighted by molar-refractivity contribution is 5.89. The summed E-state index contributed by atoms with van der Waals surface area (Å²) in [5.74, 6) is -1.14. The fourth-order valence-corrected chi connectivity index (χ4v) is 6.17. The van der Waals surface area contributed by atoms with Gasteiger partial charge in [-0.05, 0) is 33.4 Å². The van der Waals surface area contributed by atoms with Crippen LogP contribution in [-0.2, 0) is 58.2 Å². The predicted octanol–water partition coefficient (Wildman–Crippen LogP) is 4.06. The van der Waals surface area contributed by atoms with Crippen LogP contribution >= 0.6 is 0 Å². The number of nitrogens with one attached hydrogen (secondary N) is 2. The predicted molar refractivity (Wildman–Crippen MR) is 179 cm³/mol. The zero-order chi connectivity index (χ0) is 34.2. The van der Waals surface area contributed by atoms with E-state index in [1.807, 2.05) is 109 Å². The van der Waals surface area contributed by atoms with Crippen molar-refractivity contribution in [3.8, 4) is 0 Å². The Morgan fingerprint density at radius 1 is 0.592 bits per heavy atom. The molecule has 0 spiro atoms. The molecule has 11 nitrogen and oxygen atoms in total. The molecule has 0 saturated carbocycles. The molecule has 4 amide bonds. The summed E-state index contributed by atoms with van der Waals surface area (Å²) >= 11 is 0. The van der Waals surface area contributed by atoms with Crippen molar-refractivity contribution in [2.24, 2.45) is 0 Å². The lowest BCUT2D eigenvalue weighted by Gasteiger charge is -2.37. The Morgan fingerprint density at radius 2 is 0.959 bits per heavy atom. The molecule has 6 rings (SSSR count). The molecular formula is C38H38N4O7. The van der Waals surface area contributed by atoms with Gasteiger partial charge < -0.3 is 25.2 Å². The fraction of sp³-hybridized carbons (Fsp3) is 0.263. The third-order valence-electron chi connectivity index (χ3n) is 8.80. The van der Waals surface area contributed by atoms with Gasteiger partial charge in [0.15, 0.2) is 0 Å². The standard InChI is InChI=1S/C38H38N4O7/c43-23-34(39-35(44)32-19-28-15-7-9-17-30(28)21-41(32)37(46)48-24-26-11-3-1-4-12-26)40-36(45)33-20-29-16-8-10-18-31(29)22-42(33)38(47)49-25-27-13-5-2-6-14-27/h1-18,32-34,43H,19-25H2,(H,39,44)(H,40,45). The first-order valence-corrected chi connectivity index (χ1v) is 16.2. The largest absolute Gasteiger partial charge is 0.445 e. The van der Waals surface area contributed by atoms with Crippen LogP contribution in [0.2, 0.25) is 0 Å². The maximum atomic E-state index is 13.8. The van der Waals surface area contributed by atoms with E-state index >= 15 is 0 Å². The minimum absolute atomic E-state index is 0.0380. The van der Waals surface area contributed by atoms with Gasteiger partial charge in [0.25, 0.3) is 0 Å². The molecule has 4 aromatic carbocycles. The topological polar surface area (TPSA) is 138 Å². The first kappa shape index (κ1) is 33.2. The van der Waals surface area contributed by atoms with E-state index in [9.17, 15) is 24.3 Å². The summed E-state index contributed by atoms with van der Waals surface area (Å²) in [4.78, 5) is 56.9. The summed E-state index contributed by atoms with van der Waals surface area (Å²) in [6.45, 7) is -0.243. The first-order chi connectivity index (χ1) is 23.9. The first-order valence-electron chi connectivity index (χ1n) is 16.2. The van der Waals surface area contributed by atoms with E-state index in [2.05, 4.69) is 10.6 Å². The Hall–Kier alpha value is -5.68. The molecule has 0 saturated heterocycles. The van der Waals surface area contributed by atoms with Crippen molar-refractivity contribution in [1.29, 1.82) is 0 Å². The van der Waals surface area contributed by atoms with Gasteiger partial charge in [-0.15, -0.1) is 0 Å². The van der Waals surface area contributed by atoms with Crippen LogP contribution < -0.4 is 10.6 Å². The van der Waals surface area contributed by atoms with Crippen LogP contribution in [0.25, 0.3) is 0 Å². The number of nitrogens with zero attached hydrogens (tertiary/aromatic N) is 2. The van der Waals surface area contributed by atoms with Gasteiger partial charge in [-0.3, -0.25) is 19.4 Å². The average molecular weight is 663 g/mol. The number of hydrogen-bond donors (Lipinski definition) is 3. The number of rotatable bonds is 9. The molecule has 0 fully saturated rings. The number of carbonyl (C=O) groups is 4. The van der Waals surface area contributed by atoms with Crippen molar-refractivity contribution in [2.75, 3.05) is 6.61 Å². The smallest absolute Gasteiger partial charge is 0.411 e. The second-order valence-electron chi connectivity index (χ2n) is 12.1. The molecule has 49 heavy (non-hydrogen) atoms. The summed E-state index contributed by atoms with van der Waals surface area (Å²) in [6.07, 6.45) is -2.08. The Balaban J connectivity index is 1.15. The average Bonchev–Trinajstić information content (AvgIpc) is 3.15. The molecule has 11 heteroatoms. The van der Waals surface area contributed by atoms with Crippen molar-refractivity contribution in [3.63, 3.8) is 0 Å². The number of fused-ring (bicyclic) bond motifs is 2. The molecule has 2 aliphatic rings. The molecule has 0 bridgehead atoms. The summed E-state index contributed by atoms with van der Waals surface area (Å²) in [5.41, 5.74) is 5.22. The summed E-state index contributed by atoms with van der Waals surface area (Å²) in [7, 11) is 0. The molecular weight excluding hydrogens is 624 g/mol. The second kappa shape index (κ2) is 15.5. The van der Waals surface area contributed by atoms with Crippen molar-refractivity contribution < 1.29 is 33.8 Å².